The van der Waals surface area contributed by atoms with E-state index in [4.69, 9.17) is 4.42 Å². The standard InChI is InChI=1S/C13H20BrNO/c1-15-13(11-8-9-12(14)16-11)10-6-4-2-3-5-7-10/h8-10,13,15H,2-7H2,1H3. The maximum absolute atomic E-state index is 5.68. The van der Waals surface area contributed by atoms with E-state index in [9.17, 15) is 0 Å². The smallest absolute Gasteiger partial charge is 0.169 e. The van der Waals surface area contributed by atoms with Gasteiger partial charge in [0.15, 0.2) is 4.67 Å². The first kappa shape index (κ1) is 12.2. The van der Waals surface area contributed by atoms with Gasteiger partial charge in [0.2, 0.25) is 0 Å². The Balaban J connectivity index is 2.08. The molecule has 90 valence electrons. The Labute approximate surface area is 106 Å². The quantitative estimate of drug-likeness (QED) is 0.839. The van der Waals surface area contributed by atoms with Gasteiger partial charge >= 0.3 is 0 Å². The molecule has 3 heteroatoms. The van der Waals surface area contributed by atoms with Gasteiger partial charge in [-0.2, -0.15) is 0 Å². The van der Waals surface area contributed by atoms with Crippen LogP contribution in [0.15, 0.2) is 21.2 Å². The fraction of sp³-hybridized carbons (Fsp3) is 0.692. The monoisotopic (exact) mass is 285 g/mol. The molecule has 1 aliphatic rings. The molecule has 0 bridgehead atoms. The summed E-state index contributed by atoms with van der Waals surface area (Å²) >= 11 is 3.37. The van der Waals surface area contributed by atoms with Gasteiger partial charge in [-0.15, -0.1) is 0 Å². The van der Waals surface area contributed by atoms with E-state index in [0.717, 1.165) is 16.3 Å². The molecule has 1 aliphatic carbocycles. The minimum Gasteiger partial charge on any atom is -0.453 e. The maximum Gasteiger partial charge on any atom is 0.169 e. The second kappa shape index (κ2) is 5.87. The van der Waals surface area contributed by atoms with Crippen LogP contribution < -0.4 is 5.32 Å². The summed E-state index contributed by atoms with van der Waals surface area (Å²) in [6, 6.07) is 4.44. The largest absolute Gasteiger partial charge is 0.453 e. The van der Waals surface area contributed by atoms with Gasteiger partial charge in [-0.05, 0) is 53.9 Å². The fourth-order valence-corrected chi connectivity index (χ4v) is 3.07. The van der Waals surface area contributed by atoms with E-state index in [1.54, 1.807) is 0 Å². The minimum atomic E-state index is 0.379. The SMILES string of the molecule is CNC(c1ccc(Br)o1)C1CCCCCC1. The Hall–Kier alpha value is -0.280. The Morgan fingerprint density at radius 3 is 2.44 bits per heavy atom. The molecule has 16 heavy (non-hydrogen) atoms. The molecule has 1 saturated carbocycles. The van der Waals surface area contributed by atoms with Crippen LogP contribution in [-0.4, -0.2) is 7.05 Å². The van der Waals surface area contributed by atoms with Crippen LogP contribution in [0.3, 0.4) is 0 Å². The van der Waals surface area contributed by atoms with Crippen LogP contribution in [0.2, 0.25) is 0 Å². The predicted molar refractivity (Wildman–Crippen MR) is 69.4 cm³/mol. The molecule has 0 radical (unpaired) electrons. The lowest BCUT2D eigenvalue weighted by molar-refractivity contribution is 0.293. The fourth-order valence-electron chi connectivity index (χ4n) is 2.75. The average Bonchev–Trinajstić information content (AvgIpc) is 2.55. The minimum absolute atomic E-state index is 0.379. The van der Waals surface area contributed by atoms with Crippen molar-refractivity contribution in [3.63, 3.8) is 0 Å². The van der Waals surface area contributed by atoms with Crippen molar-refractivity contribution in [2.75, 3.05) is 7.05 Å². The summed E-state index contributed by atoms with van der Waals surface area (Å²) in [7, 11) is 2.03. The Morgan fingerprint density at radius 2 is 1.94 bits per heavy atom. The van der Waals surface area contributed by atoms with Gasteiger partial charge in [-0.1, -0.05) is 25.7 Å². The van der Waals surface area contributed by atoms with Gasteiger partial charge in [0.25, 0.3) is 0 Å². The summed E-state index contributed by atoms with van der Waals surface area (Å²) in [5.41, 5.74) is 0. The zero-order chi connectivity index (χ0) is 11.4. The molecule has 2 nitrogen and oxygen atoms in total. The second-order valence-electron chi connectivity index (χ2n) is 4.66. The van der Waals surface area contributed by atoms with Crippen molar-refractivity contribution in [1.29, 1.82) is 0 Å². The van der Waals surface area contributed by atoms with Crippen molar-refractivity contribution >= 4 is 15.9 Å². The molecule has 1 atom stereocenters. The Bertz CT molecular complexity index is 315. The molecule has 0 spiro atoms. The van der Waals surface area contributed by atoms with Gasteiger partial charge in [0.1, 0.15) is 5.76 Å². The summed E-state index contributed by atoms with van der Waals surface area (Å²) < 4.78 is 6.51. The zero-order valence-electron chi connectivity index (χ0n) is 9.84. The molecule has 1 fully saturated rings. The van der Waals surface area contributed by atoms with Gasteiger partial charge in [0.05, 0.1) is 6.04 Å². The van der Waals surface area contributed by atoms with Crippen LogP contribution >= 0.6 is 15.9 Å². The lowest BCUT2D eigenvalue weighted by atomic mass is 9.90. The van der Waals surface area contributed by atoms with Crippen LogP contribution in [0.5, 0.6) is 0 Å². The maximum atomic E-state index is 5.68. The van der Waals surface area contributed by atoms with Crippen molar-refractivity contribution in [2.24, 2.45) is 5.92 Å². The highest BCUT2D eigenvalue weighted by Gasteiger charge is 2.25. The van der Waals surface area contributed by atoms with E-state index in [2.05, 4.69) is 27.3 Å². The topological polar surface area (TPSA) is 25.2 Å². The third-order valence-corrected chi connectivity index (χ3v) is 4.01. The molecule has 1 aromatic rings. The molecular weight excluding hydrogens is 266 g/mol. The molecular formula is C13H20BrNO. The summed E-state index contributed by atoms with van der Waals surface area (Å²) in [6.45, 7) is 0. The highest BCUT2D eigenvalue weighted by molar-refractivity contribution is 9.10. The third-order valence-electron chi connectivity index (χ3n) is 3.58. The first-order valence-corrected chi connectivity index (χ1v) is 7.03. The Morgan fingerprint density at radius 1 is 1.25 bits per heavy atom. The van der Waals surface area contributed by atoms with Crippen molar-refractivity contribution in [1.82, 2.24) is 5.32 Å². The highest BCUT2D eigenvalue weighted by Crippen LogP contribution is 2.34. The zero-order valence-corrected chi connectivity index (χ0v) is 11.4. The molecule has 1 heterocycles. The third kappa shape index (κ3) is 2.89. The van der Waals surface area contributed by atoms with Crippen molar-refractivity contribution < 1.29 is 4.42 Å². The van der Waals surface area contributed by atoms with Crippen LogP contribution in [0.25, 0.3) is 0 Å². The second-order valence-corrected chi connectivity index (χ2v) is 5.44. The summed E-state index contributed by atoms with van der Waals surface area (Å²) in [6.07, 6.45) is 8.17. The van der Waals surface area contributed by atoms with E-state index >= 15 is 0 Å². The molecule has 2 rings (SSSR count). The molecule has 1 unspecified atom stereocenters. The Kier molecular flexibility index (Phi) is 4.47. The number of furan rings is 1. The highest BCUT2D eigenvalue weighted by atomic mass is 79.9. The summed E-state index contributed by atoms with van der Waals surface area (Å²) in [4.78, 5) is 0. The van der Waals surface area contributed by atoms with Gasteiger partial charge in [-0.25, -0.2) is 0 Å². The van der Waals surface area contributed by atoms with Crippen molar-refractivity contribution in [3.8, 4) is 0 Å². The molecule has 0 saturated heterocycles. The summed E-state index contributed by atoms with van der Waals surface area (Å²) in [5.74, 6) is 1.80. The van der Waals surface area contributed by atoms with E-state index < -0.39 is 0 Å². The van der Waals surface area contributed by atoms with E-state index in [-0.39, 0.29) is 0 Å². The van der Waals surface area contributed by atoms with Crippen LogP contribution in [0.1, 0.15) is 50.3 Å². The van der Waals surface area contributed by atoms with E-state index in [1.807, 2.05) is 13.1 Å². The number of hydrogen-bond donors (Lipinski definition) is 1. The van der Waals surface area contributed by atoms with Gasteiger partial charge in [-0.3, -0.25) is 0 Å². The number of hydrogen-bond acceptors (Lipinski definition) is 2. The van der Waals surface area contributed by atoms with Crippen LogP contribution in [-0.2, 0) is 0 Å². The molecule has 0 aromatic carbocycles. The summed E-state index contributed by atoms with van der Waals surface area (Å²) in [5, 5.41) is 3.41. The number of halogens is 1. The molecule has 1 N–H and O–H groups in total. The molecule has 0 amide bonds. The average molecular weight is 286 g/mol. The van der Waals surface area contributed by atoms with Crippen LogP contribution in [0, 0.1) is 5.92 Å². The van der Waals surface area contributed by atoms with Crippen molar-refractivity contribution in [2.45, 2.75) is 44.6 Å². The first-order chi connectivity index (χ1) is 7.81. The normalized spacial score (nSPS) is 20.6. The predicted octanol–water partition coefficient (Wildman–Crippen LogP) is 4.27. The van der Waals surface area contributed by atoms with Gasteiger partial charge in [0, 0.05) is 0 Å². The first-order valence-electron chi connectivity index (χ1n) is 6.24. The molecule has 0 aliphatic heterocycles. The number of rotatable bonds is 3. The number of nitrogens with one attached hydrogen (secondary N) is 1. The lowest BCUT2D eigenvalue weighted by Gasteiger charge is -2.23. The van der Waals surface area contributed by atoms with Crippen molar-refractivity contribution in [3.05, 3.63) is 22.6 Å². The lowest BCUT2D eigenvalue weighted by Crippen LogP contribution is -2.24. The van der Waals surface area contributed by atoms with Gasteiger partial charge < -0.3 is 9.73 Å². The van der Waals surface area contributed by atoms with Crippen LogP contribution in [0.4, 0.5) is 0 Å². The van der Waals surface area contributed by atoms with E-state index in [1.165, 1.54) is 38.5 Å². The van der Waals surface area contributed by atoms with E-state index in [0.29, 0.717) is 6.04 Å². The molecule has 1 aromatic heterocycles.